The van der Waals surface area contributed by atoms with Crippen molar-refractivity contribution in [2.75, 3.05) is 22.9 Å². The molecule has 0 radical (unpaired) electrons. The van der Waals surface area contributed by atoms with E-state index < -0.39 is 0 Å². The molecule has 1 atom stereocenters. The van der Waals surface area contributed by atoms with Gasteiger partial charge in [0.2, 0.25) is 0 Å². The SMILES string of the molecule is C[C@@H]1Cc2ncnc(N3CC(C#N)C3)c2CN1c1cc(Cl)nc2[nH]ccc12. The summed E-state index contributed by atoms with van der Waals surface area (Å²) < 4.78 is 0. The second-order valence-electron chi connectivity index (χ2n) is 7.24. The van der Waals surface area contributed by atoms with Crippen LogP contribution in [0, 0.1) is 17.2 Å². The lowest BCUT2D eigenvalue weighted by molar-refractivity contribution is 0.492. The molecule has 8 heteroatoms. The fourth-order valence-corrected chi connectivity index (χ4v) is 4.24. The van der Waals surface area contributed by atoms with Crippen molar-refractivity contribution in [3.8, 4) is 6.07 Å². The molecule has 5 rings (SSSR count). The number of halogens is 1. The third-order valence-electron chi connectivity index (χ3n) is 5.51. The van der Waals surface area contributed by atoms with E-state index in [9.17, 15) is 0 Å². The molecular formula is C19H18ClN7. The molecule has 0 aliphatic carbocycles. The smallest absolute Gasteiger partial charge is 0.141 e. The van der Waals surface area contributed by atoms with Gasteiger partial charge in [0.05, 0.1) is 23.4 Å². The van der Waals surface area contributed by atoms with Crippen molar-refractivity contribution in [3.05, 3.63) is 41.1 Å². The van der Waals surface area contributed by atoms with E-state index in [4.69, 9.17) is 16.9 Å². The monoisotopic (exact) mass is 379 g/mol. The Morgan fingerprint density at radius 2 is 2.19 bits per heavy atom. The largest absolute Gasteiger partial charge is 0.363 e. The fraction of sp³-hybridized carbons (Fsp3) is 0.368. The predicted molar refractivity (Wildman–Crippen MR) is 104 cm³/mol. The molecule has 0 aromatic carbocycles. The fourth-order valence-electron chi connectivity index (χ4n) is 4.05. The summed E-state index contributed by atoms with van der Waals surface area (Å²) in [6.07, 6.45) is 4.37. The molecule has 7 nitrogen and oxygen atoms in total. The summed E-state index contributed by atoms with van der Waals surface area (Å²) in [6, 6.07) is 6.57. The number of nitrogens with one attached hydrogen (secondary N) is 1. The summed E-state index contributed by atoms with van der Waals surface area (Å²) >= 11 is 6.27. The summed E-state index contributed by atoms with van der Waals surface area (Å²) in [7, 11) is 0. The molecule has 3 aromatic heterocycles. The van der Waals surface area contributed by atoms with Crippen LogP contribution in [0.3, 0.4) is 0 Å². The zero-order chi connectivity index (χ0) is 18.5. The van der Waals surface area contributed by atoms with Gasteiger partial charge in [0.15, 0.2) is 0 Å². The molecule has 5 heterocycles. The van der Waals surface area contributed by atoms with Gasteiger partial charge in [-0.2, -0.15) is 5.26 Å². The van der Waals surface area contributed by atoms with E-state index >= 15 is 0 Å². The average molecular weight is 380 g/mol. The number of H-pyrrole nitrogens is 1. The van der Waals surface area contributed by atoms with Crippen LogP contribution in [-0.2, 0) is 13.0 Å². The van der Waals surface area contributed by atoms with Crippen LogP contribution in [0.5, 0.6) is 0 Å². The molecule has 0 amide bonds. The van der Waals surface area contributed by atoms with Crippen molar-refractivity contribution in [3.63, 3.8) is 0 Å². The Balaban J connectivity index is 1.55. The number of hydrogen-bond acceptors (Lipinski definition) is 6. The van der Waals surface area contributed by atoms with Crippen LogP contribution < -0.4 is 9.80 Å². The summed E-state index contributed by atoms with van der Waals surface area (Å²) in [5.41, 5.74) is 4.09. The highest BCUT2D eigenvalue weighted by Crippen LogP contribution is 2.37. The van der Waals surface area contributed by atoms with Gasteiger partial charge >= 0.3 is 0 Å². The van der Waals surface area contributed by atoms with Crippen LogP contribution in [-0.4, -0.2) is 39.1 Å². The van der Waals surface area contributed by atoms with Crippen molar-refractivity contribution < 1.29 is 0 Å². The molecule has 2 aliphatic rings. The lowest BCUT2D eigenvalue weighted by Crippen LogP contribution is -2.48. The van der Waals surface area contributed by atoms with Crippen LogP contribution >= 0.6 is 11.6 Å². The summed E-state index contributed by atoms with van der Waals surface area (Å²) in [4.78, 5) is 21.1. The van der Waals surface area contributed by atoms with Gasteiger partial charge in [0.25, 0.3) is 0 Å². The minimum absolute atomic E-state index is 0.0905. The van der Waals surface area contributed by atoms with Crippen molar-refractivity contribution in [1.29, 1.82) is 5.26 Å². The number of aromatic nitrogens is 4. The van der Waals surface area contributed by atoms with Gasteiger partial charge in [0.1, 0.15) is 22.9 Å². The first kappa shape index (κ1) is 16.3. The highest BCUT2D eigenvalue weighted by molar-refractivity contribution is 6.30. The first-order chi connectivity index (χ1) is 13.1. The zero-order valence-corrected chi connectivity index (χ0v) is 15.6. The van der Waals surface area contributed by atoms with Crippen LogP contribution in [0.25, 0.3) is 11.0 Å². The molecule has 1 saturated heterocycles. The average Bonchev–Trinajstić information content (AvgIpc) is 3.08. The Morgan fingerprint density at radius 1 is 1.33 bits per heavy atom. The molecular weight excluding hydrogens is 362 g/mol. The molecule has 0 saturated carbocycles. The molecule has 27 heavy (non-hydrogen) atoms. The van der Waals surface area contributed by atoms with Crippen molar-refractivity contribution in [2.45, 2.75) is 25.9 Å². The van der Waals surface area contributed by atoms with Crippen molar-refractivity contribution >= 4 is 34.1 Å². The standard InChI is InChI=1S/C19H18ClN7/c1-11-4-15-14(19(24-10-23-15)26-7-12(6-21)8-26)9-27(11)16-5-17(20)25-18-13(16)2-3-22-18/h2-3,5,10-12H,4,7-9H2,1H3,(H,22,25)/t11-/m1/s1. The van der Waals surface area contributed by atoms with Gasteiger partial charge in [-0.05, 0) is 19.1 Å². The molecule has 0 spiro atoms. The van der Waals surface area contributed by atoms with E-state index in [1.165, 1.54) is 0 Å². The minimum atomic E-state index is 0.0905. The number of anilines is 2. The van der Waals surface area contributed by atoms with Crippen molar-refractivity contribution in [1.82, 2.24) is 19.9 Å². The normalized spacial score (nSPS) is 19.7. The number of rotatable bonds is 2. The Bertz CT molecular complexity index is 1060. The Labute approximate surface area is 161 Å². The van der Waals surface area contributed by atoms with Gasteiger partial charge in [-0.25, -0.2) is 15.0 Å². The molecule has 2 aliphatic heterocycles. The van der Waals surface area contributed by atoms with Gasteiger partial charge in [-0.1, -0.05) is 11.6 Å². The topological polar surface area (TPSA) is 84.7 Å². The maximum atomic E-state index is 9.08. The quantitative estimate of drug-likeness (QED) is 0.689. The third kappa shape index (κ3) is 2.60. The summed E-state index contributed by atoms with van der Waals surface area (Å²) in [6.45, 7) is 4.38. The molecule has 3 aromatic rings. The lowest BCUT2D eigenvalue weighted by Gasteiger charge is -2.41. The van der Waals surface area contributed by atoms with Crippen LogP contribution in [0.1, 0.15) is 18.2 Å². The van der Waals surface area contributed by atoms with Gasteiger partial charge < -0.3 is 14.8 Å². The van der Waals surface area contributed by atoms with Crippen LogP contribution in [0.4, 0.5) is 11.5 Å². The number of fused-ring (bicyclic) bond motifs is 2. The lowest BCUT2D eigenvalue weighted by atomic mass is 9.96. The molecule has 1 N–H and O–H groups in total. The van der Waals surface area contributed by atoms with E-state index in [1.54, 1.807) is 6.33 Å². The molecule has 0 unspecified atom stereocenters. The Kier molecular flexibility index (Phi) is 3.69. The van der Waals surface area contributed by atoms with E-state index in [0.717, 1.165) is 53.3 Å². The molecule has 136 valence electrons. The van der Waals surface area contributed by atoms with Crippen LogP contribution in [0.15, 0.2) is 24.7 Å². The second kappa shape index (κ2) is 6.10. The number of nitrogens with zero attached hydrogens (tertiary/aromatic N) is 6. The third-order valence-corrected chi connectivity index (χ3v) is 5.70. The van der Waals surface area contributed by atoms with E-state index in [0.29, 0.717) is 11.7 Å². The van der Waals surface area contributed by atoms with Crippen LogP contribution in [0.2, 0.25) is 5.15 Å². The number of aromatic amines is 1. The summed E-state index contributed by atoms with van der Waals surface area (Å²) in [5.74, 6) is 1.04. The Hall–Kier alpha value is -2.85. The maximum absolute atomic E-state index is 9.08. The van der Waals surface area contributed by atoms with Gasteiger partial charge in [-0.15, -0.1) is 0 Å². The number of nitriles is 1. The first-order valence-electron chi connectivity index (χ1n) is 9.01. The second-order valence-corrected chi connectivity index (χ2v) is 7.63. The Morgan fingerprint density at radius 3 is 3.00 bits per heavy atom. The predicted octanol–water partition coefficient (Wildman–Crippen LogP) is 2.92. The highest BCUT2D eigenvalue weighted by Gasteiger charge is 2.34. The maximum Gasteiger partial charge on any atom is 0.141 e. The van der Waals surface area contributed by atoms with E-state index in [2.05, 4.69) is 42.7 Å². The van der Waals surface area contributed by atoms with Gasteiger partial charge in [0, 0.05) is 49.2 Å². The summed E-state index contributed by atoms with van der Waals surface area (Å²) in [5, 5.41) is 10.6. The minimum Gasteiger partial charge on any atom is -0.363 e. The molecule has 1 fully saturated rings. The van der Waals surface area contributed by atoms with E-state index in [-0.39, 0.29) is 12.0 Å². The van der Waals surface area contributed by atoms with E-state index in [1.807, 2.05) is 18.3 Å². The number of pyridine rings is 1. The zero-order valence-electron chi connectivity index (χ0n) is 14.9. The van der Waals surface area contributed by atoms with Crippen molar-refractivity contribution in [2.24, 2.45) is 5.92 Å². The molecule has 0 bridgehead atoms. The van der Waals surface area contributed by atoms with Gasteiger partial charge in [-0.3, -0.25) is 0 Å². The first-order valence-corrected chi connectivity index (χ1v) is 9.39. The number of hydrogen-bond donors (Lipinski definition) is 1. The highest BCUT2D eigenvalue weighted by atomic mass is 35.5.